The Morgan fingerprint density at radius 2 is 1.76 bits per heavy atom. The Kier molecular flexibility index (Phi) is 3.97. The summed E-state index contributed by atoms with van der Waals surface area (Å²) in [5.74, 6) is 2.54. The van der Waals surface area contributed by atoms with Gasteiger partial charge in [0.15, 0.2) is 6.61 Å². The summed E-state index contributed by atoms with van der Waals surface area (Å²) in [5.41, 5.74) is 6.70. The number of hydrogen-bond donors (Lipinski definition) is 2. The third kappa shape index (κ3) is 3.12. The predicted octanol–water partition coefficient (Wildman–Crippen LogP) is 3.01. The van der Waals surface area contributed by atoms with E-state index >= 15 is 0 Å². The van der Waals surface area contributed by atoms with Gasteiger partial charge in [-0.2, -0.15) is 0 Å². The normalized spacial score (nSPS) is 32.4. The summed E-state index contributed by atoms with van der Waals surface area (Å²) in [6, 6.07) is 5.45. The molecule has 0 atom stereocenters. The van der Waals surface area contributed by atoms with Gasteiger partial charge in [0.25, 0.3) is 5.91 Å². The Hall–Kier alpha value is -2.04. The number of nitrogens with one attached hydrogen (secondary N) is 1. The van der Waals surface area contributed by atoms with Crippen molar-refractivity contribution in [2.24, 2.45) is 28.9 Å². The van der Waals surface area contributed by atoms with Crippen LogP contribution in [-0.2, 0) is 9.59 Å². The molecule has 4 aliphatic carbocycles. The molecule has 0 unspecified atom stereocenters. The number of aryl methyl sites for hydroxylation is 1. The van der Waals surface area contributed by atoms with E-state index in [0.29, 0.717) is 5.75 Å². The molecule has 0 aromatic heterocycles. The lowest BCUT2D eigenvalue weighted by atomic mass is 9.49. The van der Waals surface area contributed by atoms with Crippen LogP contribution in [-0.4, -0.2) is 18.4 Å². The van der Waals surface area contributed by atoms with Crippen LogP contribution in [0.25, 0.3) is 0 Å². The number of nitrogens with two attached hydrogens (primary N) is 1. The zero-order valence-corrected chi connectivity index (χ0v) is 14.7. The maximum absolute atomic E-state index is 13.1. The fourth-order valence-electron chi connectivity index (χ4n) is 5.66. The van der Waals surface area contributed by atoms with Gasteiger partial charge in [-0.3, -0.25) is 9.59 Å². The lowest BCUT2D eigenvalue weighted by Gasteiger charge is -2.55. The molecule has 5 nitrogen and oxygen atoms in total. The van der Waals surface area contributed by atoms with Gasteiger partial charge in [0.05, 0.1) is 5.41 Å². The number of hydrogen-bond acceptors (Lipinski definition) is 3. The van der Waals surface area contributed by atoms with Crippen LogP contribution in [0, 0.1) is 30.1 Å². The van der Waals surface area contributed by atoms with Gasteiger partial charge in [0.2, 0.25) is 5.91 Å². The van der Waals surface area contributed by atoms with Crippen LogP contribution in [0.1, 0.15) is 44.1 Å². The zero-order valence-electron chi connectivity index (χ0n) is 14.7. The van der Waals surface area contributed by atoms with Gasteiger partial charge in [-0.05, 0) is 87.0 Å². The Labute approximate surface area is 148 Å². The van der Waals surface area contributed by atoms with E-state index in [1.54, 1.807) is 6.07 Å². The molecule has 4 aliphatic rings. The number of rotatable bonds is 5. The minimum Gasteiger partial charge on any atom is -0.484 e. The first-order valence-corrected chi connectivity index (χ1v) is 9.27. The van der Waals surface area contributed by atoms with E-state index in [1.165, 1.54) is 19.3 Å². The second kappa shape index (κ2) is 6.04. The smallest absolute Gasteiger partial charge is 0.255 e. The molecule has 5 heteroatoms. The maximum Gasteiger partial charge on any atom is 0.255 e. The summed E-state index contributed by atoms with van der Waals surface area (Å²) >= 11 is 0. The SMILES string of the molecule is Cc1cc(OCC(N)=O)ccc1NC(=O)C12CC3CC(CC(C3)C1)C2. The third-order valence-corrected chi connectivity index (χ3v) is 6.35. The number of benzene rings is 1. The molecule has 4 fully saturated rings. The molecular formula is C20H26N2O3. The summed E-state index contributed by atoms with van der Waals surface area (Å²) in [4.78, 5) is 23.9. The largest absolute Gasteiger partial charge is 0.484 e. The Bertz CT molecular complexity index is 678. The number of anilines is 1. The number of carbonyl (C=O) groups is 2. The minimum atomic E-state index is -0.503. The molecule has 1 aromatic rings. The van der Waals surface area contributed by atoms with Crippen LogP contribution in [0.5, 0.6) is 5.75 Å². The first-order valence-electron chi connectivity index (χ1n) is 9.27. The standard InChI is InChI=1S/C20H26N2O3/c1-12-4-16(25-11-18(21)23)2-3-17(12)22-19(24)20-8-13-5-14(9-20)7-15(6-13)10-20/h2-4,13-15H,5-11H2,1H3,(H2,21,23)(H,22,24). The molecule has 4 bridgehead atoms. The molecule has 0 spiro atoms. The lowest BCUT2D eigenvalue weighted by Crippen LogP contribution is -2.51. The molecule has 134 valence electrons. The van der Waals surface area contributed by atoms with Crippen LogP contribution in [0.2, 0.25) is 0 Å². The van der Waals surface area contributed by atoms with Crippen molar-refractivity contribution in [2.45, 2.75) is 45.4 Å². The summed E-state index contributed by atoms with van der Waals surface area (Å²) in [6.45, 7) is 1.80. The fourth-order valence-corrected chi connectivity index (χ4v) is 5.66. The van der Waals surface area contributed by atoms with Crippen LogP contribution in [0.4, 0.5) is 5.69 Å². The highest BCUT2D eigenvalue weighted by Crippen LogP contribution is 2.60. The summed E-state index contributed by atoms with van der Waals surface area (Å²) < 4.78 is 5.32. The van der Waals surface area contributed by atoms with Crippen molar-refractivity contribution in [2.75, 3.05) is 11.9 Å². The molecule has 5 rings (SSSR count). The van der Waals surface area contributed by atoms with Gasteiger partial charge < -0.3 is 15.8 Å². The van der Waals surface area contributed by atoms with E-state index in [-0.39, 0.29) is 17.9 Å². The molecular weight excluding hydrogens is 316 g/mol. The van der Waals surface area contributed by atoms with Gasteiger partial charge in [-0.25, -0.2) is 0 Å². The third-order valence-electron chi connectivity index (χ3n) is 6.35. The second-order valence-corrected chi connectivity index (χ2v) is 8.38. The van der Waals surface area contributed by atoms with Gasteiger partial charge in [-0.1, -0.05) is 0 Å². The average molecular weight is 342 g/mol. The summed E-state index contributed by atoms with van der Waals surface area (Å²) in [7, 11) is 0. The van der Waals surface area contributed by atoms with Crippen LogP contribution >= 0.6 is 0 Å². The van der Waals surface area contributed by atoms with E-state index in [0.717, 1.165) is 48.3 Å². The Balaban J connectivity index is 1.47. The number of amides is 2. The van der Waals surface area contributed by atoms with Crippen molar-refractivity contribution in [3.63, 3.8) is 0 Å². The van der Waals surface area contributed by atoms with E-state index in [2.05, 4.69) is 5.32 Å². The van der Waals surface area contributed by atoms with Crippen molar-refractivity contribution in [1.29, 1.82) is 0 Å². The van der Waals surface area contributed by atoms with Crippen LogP contribution in [0.3, 0.4) is 0 Å². The van der Waals surface area contributed by atoms with Gasteiger partial charge in [0.1, 0.15) is 5.75 Å². The van der Waals surface area contributed by atoms with E-state index in [1.807, 2.05) is 19.1 Å². The molecule has 3 N–H and O–H groups in total. The molecule has 2 amide bonds. The molecule has 4 saturated carbocycles. The average Bonchev–Trinajstić information content (AvgIpc) is 2.53. The monoisotopic (exact) mass is 342 g/mol. The van der Waals surface area contributed by atoms with E-state index in [4.69, 9.17) is 10.5 Å². The first-order chi connectivity index (χ1) is 11.9. The molecule has 0 radical (unpaired) electrons. The molecule has 25 heavy (non-hydrogen) atoms. The highest BCUT2D eigenvalue weighted by Gasteiger charge is 2.54. The van der Waals surface area contributed by atoms with Crippen LogP contribution in [0.15, 0.2) is 18.2 Å². The molecule has 1 aromatic carbocycles. The van der Waals surface area contributed by atoms with Crippen molar-refractivity contribution >= 4 is 17.5 Å². The highest BCUT2D eigenvalue weighted by atomic mass is 16.5. The number of primary amides is 1. The second-order valence-electron chi connectivity index (χ2n) is 8.38. The fraction of sp³-hybridized carbons (Fsp3) is 0.600. The number of carbonyl (C=O) groups excluding carboxylic acids is 2. The van der Waals surface area contributed by atoms with Crippen molar-refractivity contribution < 1.29 is 14.3 Å². The Morgan fingerprint density at radius 1 is 1.16 bits per heavy atom. The van der Waals surface area contributed by atoms with Crippen molar-refractivity contribution in [1.82, 2.24) is 0 Å². The summed E-state index contributed by atoms with van der Waals surface area (Å²) in [6.07, 6.45) is 7.17. The van der Waals surface area contributed by atoms with Crippen molar-refractivity contribution in [3.8, 4) is 5.75 Å². The van der Waals surface area contributed by atoms with Gasteiger partial charge in [-0.15, -0.1) is 0 Å². The van der Waals surface area contributed by atoms with Gasteiger partial charge >= 0.3 is 0 Å². The van der Waals surface area contributed by atoms with Gasteiger partial charge in [0, 0.05) is 5.69 Å². The predicted molar refractivity (Wildman–Crippen MR) is 95.1 cm³/mol. The van der Waals surface area contributed by atoms with Crippen LogP contribution < -0.4 is 15.8 Å². The molecule has 0 saturated heterocycles. The highest BCUT2D eigenvalue weighted by molar-refractivity contribution is 5.96. The molecule has 0 aliphatic heterocycles. The summed E-state index contributed by atoms with van der Waals surface area (Å²) in [5, 5.41) is 3.17. The first kappa shape index (κ1) is 16.4. The Morgan fingerprint density at radius 3 is 2.28 bits per heavy atom. The topological polar surface area (TPSA) is 81.4 Å². The zero-order chi connectivity index (χ0) is 17.6. The molecule has 0 heterocycles. The maximum atomic E-state index is 13.1. The van der Waals surface area contributed by atoms with E-state index < -0.39 is 5.91 Å². The lowest BCUT2D eigenvalue weighted by molar-refractivity contribution is -0.140. The number of ether oxygens (including phenoxy) is 1. The quantitative estimate of drug-likeness (QED) is 0.863. The van der Waals surface area contributed by atoms with Crippen molar-refractivity contribution in [3.05, 3.63) is 23.8 Å². The van der Waals surface area contributed by atoms with E-state index in [9.17, 15) is 9.59 Å². The minimum absolute atomic E-state index is 0.140.